The second kappa shape index (κ2) is 5.14. The summed E-state index contributed by atoms with van der Waals surface area (Å²) < 4.78 is 5.41. The fraction of sp³-hybridized carbons (Fsp3) is 0.600. The monoisotopic (exact) mass is 199 g/mol. The van der Waals surface area contributed by atoms with E-state index in [-0.39, 0.29) is 25.3 Å². The van der Waals surface area contributed by atoms with Crippen LogP contribution in [0.25, 0.3) is 0 Å². The standard InChI is InChI=1S/C10H17NO3/c1-7-3-4-10(14-7)8(2)11-9(5-12)6-13/h3-4,8-9,11-13H,5-6H2,1-2H3. The first-order valence-electron chi connectivity index (χ1n) is 4.71. The summed E-state index contributed by atoms with van der Waals surface area (Å²) >= 11 is 0. The van der Waals surface area contributed by atoms with Crippen LogP contribution in [0.3, 0.4) is 0 Å². The van der Waals surface area contributed by atoms with Crippen LogP contribution in [0.1, 0.15) is 24.5 Å². The molecule has 14 heavy (non-hydrogen) atoms. The van der Waals surface area contributed by atoms with Crippen LogP contribution in [0.15, 0.2) is 16.5 Å². The van der Waals surface area contributed by atoms with Crippen molar-refractivity contribution in [3.8, 4) is 0 Å². The number of rotatable bonds is 5. The van der Waals surface area contributed by atoms with Gasteiger partial charge in [0.1, 0.15) is 11.5 Å². The number of hydrogen-bond acceptors (Lipinski definition) is 4. The molecule has 0 amide bonds. The smallest absolute Gasteiger partial charge is 0.120 e. The molecule has 1 atom stereocenters. The zero-order valence-electron chi connectivity index (χ0n) is 8.53. The topological polar surface area (TPSA) is 65.6 Å². The molecule has 1 heterocycles. The van der Waals surface area contributed by atoms with Crippen molar-refractivity contribution in [2.45, 2.75) is 25.9 Å². The number of nitrogens with one attached hydrogen (secondary N) is 1. The Kier molecular flexibility index (Phi) is 4.13. The Morgan fingerprint density at radius 1 is 1.36 bits per heavy atom. The van der Waals surface area contributed by atoms with Crippen molar-refractivity contribution in [3.05, 3.63) is 23.7 Å². The van der Waals surface area contributed by atoms with Crippen LogP contribution in [0.4, 0.5) is 0 Å². The minimum atomic E-state index is -0.296. The van der Waals surface area contributed by atoms with Gasteiger partial charge in [-0.25, -0.2) is 0 Å². The molecule has 0 saturated heterocycles. The van der Waals surface area contributed by atoms with Crippen LogP contribution in [0, 0.1) is 6.92 Å². The Morgan fingerprint density at radius 3 is 2.43 bits per heavy atom. The quantitative estimate of drug-likeness (QED) is 0.649. The first kappa shape index (κ1) is 11.2. The van der Waals surface area contributed by atoms with E-state index in [0.717, 1.165) is 11.5 Å². The largest absolute Gasteiger partial charge is 0.465 e. The molecule has 1 rings (SSSR count). The molecule has 1 aromatic rings. The van der Waals surface area contributed by atoms with Gasteiger partial charge in [-0.15, -0.1) is 0 Å². The van der Waals surface area contributed by atoms with E-state index in [0.29, 0.717) is 0 Å². The molecule has 0 bridgehead atoms. The highest BCUT2D eigenvalue weighted by atomic mass is 16.3. The Morgan fingerprint density at radius 2 is 2.00 bits per heavy atom. The van der Waals surface area contributed by atoms with Crippen LogP contribution >= 0.6 is 0 Å². The van der Waals surface area contributed by atoms with Gasteiger partial charge < -0.3 is 19.9 Å². The molecule has 80 valence electrons. The summed E-state index contributed by atoms with van der Waals surface area (Å²) in [6.45, 7) is 3.64. The van der Waals surface area contributed by atoms with Gasteiger partial charge in [-0.3, -0.25) is 0 Å². The van der Waals surface area contributed by atoms with Gasteiger partial charge >= 0.3 is 0 Å². The van der Waals surface area contributed by atoms with Gasteiger partial charge in [-0.2, -0.15) is 0 Å². The van der Waals surface area contributed by atoms with Gasteiger partial charge in [0.05, 0.1) is 25.3 Å². The molecule has 3 N–H and O–H groups in total. The number of furan rings is 1. The minimum absolute atomic E-state index is 0.00648. The lowest BCUT2D eigenvalue weighted by molar-refractivity contribution is 0.160. The van der Waals surface area contributed by atoms with Crippen molar-refractivity contribution in [1.29, 1.82) is 0 Å². The van der Waals surface area contributed by atoms with Crippen molar-refractivity contribution in [3.63, 3.8) is 0 Å². The number of hydrogen-bond donors (Lipinski definition) is 3. The molecule has 1 aromatic heterocycles. The lowest BCUT2D eigenvalue weighted by atomic mass is 10.2. The normalized spacial score (nSPS) is 13.5. The van der Waals surface area contributed by atoms with Gasteiger partial charge in [-0.1, -0.05) is 0 Å². The van der Waals surface area contributed by atoms with Gasteiger partial charge in [-0.05, 0) is 26.0 Å². The van der Waals surface area contributed by atoms with Crippen molar-refractivity contribution >= 4 is 0 Å². The molecule has 0 aromatic carbocycles. The molecule has 1 unspecified atom stereocenters. The summed E-state index contributed by atoms with van der Waals surface area (Å²) in [5, 5.41) is 20.8. The van der Waals surface area contributed by atoms with Gasteiger partial charge in [0.15, 0.2) is 0 Å². The Balaban J connectivity index is 2.53. The average Bonchev–Trinajstić information content (AvgIpc) is 2.61. The maximum Gasteiger partial charge on any atom is 0.120 e. The fourth-order valence-electron chi connectivity index (χ4n) is 1.28. The third kappa shape index (κ3) is 2.83. The zero-order chi connectivity index (χ0) is 10.6. The third-order valence-electron chi connectivity index (χ3n) is 2.11. The van der Waals surface area contributed by atoms with Gasteiger partial charge in [0.25, 0.3) is 0 Å². The summed E-state index contributed by atoms with van der Waals surface area (Å²) in [5.41, 5.74) is 0. The van der Waals surface area contributed by atoms with Crippen LogP contribution in [0.5, 0.6) is 0 Å². The van der Waals surface area contributed by atoms with E-state index >= 15 is 0 Å². The predicted molar refractivity (Wildman–Crippen MR) is 53.0 cm³/mol. The molecule has 0 aliphatic carbocycles. The van der Waals surface area contributed by atoms with Crippen LogP contribution in [0.2, 0.25) is 0 Å². The SMILES string of the molecule is Cc1ccc(C(C)NC(CO)CO)o1. The van der Waals surface area contributed by atoms with E-state index in [2.05, 4.69) is 5.32 Å². The summed E-state index contributed by atoms with van der Waals surface area (Å²) in [6, 6.07) is 3.47. The number of aliphatic hydroxyl groups is 2. The van der Waals surface area contributed by atoms with Gasteiger partial charge in [0.2, 0.25) is 0 Å². The van der Waals surface area contributed by atoms with Crippen molar-refractivity contribution in [2.75, 3.05) is 13.2 Å². The molecule has 0 fully saturated rings. The molecule has 4 nitrogen and oxygen atoms in total. The number of aliphatic hydroxyl groups excluding tert-OH is 2. The molecule has 4 heteroatoms. The fourth-order valence-corrected chi connectivity index (χ4v) is 1.28. The van der Waals surface area contributed by atoms with Crippen molar-refractivity contribution < 1.29 is 14.6 Å². The van der Waals surface area contributed by atoms with E-state index < -0.39 is 0 Å². The van der Waals surface area contributed by atoms with Gasteiger partial charge in [0, 0.05) is 0 Å². The molecular formula is C10H17NO3. The van der Waals surface area contributed by atoms with Crippen LogP contribution < -0.4 is 5.32 Å². The Bertz CT molecular complexity index is 268. The minimum Gasteiger partial charge on any atom is -0.465 e. The highest BCUT2D eigenvalue weighted by Crippen LogP contribution is 2.15. The molecule has 0 aliphatic heterocycles. The Labute approximate surface area is 83.6 Å². The van der Waals surface area contributed by atoms with Crippen LogP contribution in [-0.4, -0.2) is 29.5 Å². The summed E-state index contributed by atoms with van der Waals surface area (Å²) in [4.78, 5) is 0. The zero-order valence-corrected chi connectivity index (χ0v) is 8.53. The predicted octanol–water partition coefficient (Wildman–Crippen LogP) is 0.592. The van der Waals surface area contributed by atoms with E-state index in [9.17, 15) is 0 Å². The second-order valence-electron chi connectivity index (χ2n) is 3.40. The summed E-state index contributed by atoms with van der Waals surface area (Å²) in [6.07, 6.45) is 0. The van der Waals surface area contributed by atoms with Crippen molar-refractivity contribution in [1.82, 2.24) is 5.32 Å². The molecule has 0 saturated carbocycles. The van der Waals surface area contributed by atoms with E-state index in [1.165, 1.54) is 0 Å². The molecule has 0 radical (unpaired) electrons. The maximum absolute atomic E-state index is 8.87. The Hall–Kier alpha value is -0.840. The highest BCUT2D eigenvalue weighted by Gasteiger charge is 2.13. The molecular weight excluding hydrogens is 182 g/mol. The molecule has 0 spiro atoms. The summed E-state index contributed by atoms with van der Waals surface area (Å²) in [7, 11) is 0. The van der Waals surface area contributed by atoms with E-state index in [1.807, 2.05) is 26.0 Å². The van der Waals surface area contributed by atoms with E-state index in [4.69, 9.17) is 14.6 Å². The summed E-state index contributed by atoms with van der Waals surface area (Å²) in [5.74, 6) is 1.67. The lowest BCUT2D eigenvalue weighted by Gasteiger charge is -2.18. The van der Waals surface area contributed by atoms with Crippen LogP contribution in [-0.2, 0) is 0 Å². The first-order valence-corrected chi connectivity index (χ1v) is 4.71. The average molecular weight is 199 g/mol. The number of aryl methyl sites for hydroxylation is 1. The molecule has 0 aliphatic rings. The highest BCUT2D eigenvalue weighted by molar-refractivity contribution is 5.09. The van der Waals surface area contributed by atoms with Crippen molar-refractivity contribution in [2.24, 2.45) is 0 Å². The first-order chi connectivity index (χ1) is 6.67. The lowest BCUT2D eigenvalue weighted by Crippen LogP contribution is -2.37. The third-order valence-corrected chi connectivity index (χ3v) is 2.11. The van der Waals surface area contributed by atoms with E-state index in [1.54, 1.807) is 0 Å². The maximum atomic E-state index is 8.87. The second-order valence-corrected chi connectivity index (χ2v) is 3.40.